The highest BCUT2D eigenvalue weighted by Gasteiger charge is 2.30. The van der Waals surface area contributed by atoms with Gasteiger partial charge in [-0.25, -0.2) is 0 Å². The van der Waals surface area contributed by atoms with Crippen LogP contribution in [0, 0.1) is 5.92 Å². The van der Waals surface area contributed by atoms with Crippen molar-refractivity contribution in [3.05, 3.63) is 77.2 Å². The molecule has 2 amide bonds. The van der Waals surface area contributed by atoms with Crippen molar-refractivity contribution in [1.82, 2.24) is 19.8 Å². The number of likely N-dealkylation sites (tertiary alicyclic amines) is 1. The summed E-state index contributed by atoms with van der Waals surface area (Å²) >= 11 is 3.48. The summed E-state index contributed by atoms with van der Waals surface area (Å²) < 4.78 is 2.70. The number of ketones is 1. The number of nitrogens with one attached hydrogen (secondary N) is 1. The minimum atomic E-state index is -0.183. The highest BCUT2D eigenvalue weighted by Crippen LogP contribution is 2.26. The summed E-state index contributed by atoms with van der Waals surface area (Å²) in [5.41, 5.74) is 2.28. The van der Waals surface area contributed by atoms with E-state index in [0.29, 0.717) is 38.0 Å². The Hall–Kier alpha value is -3.26. The molecule has 3 heterocycles. The molecule has 3 aromatic rings. The standard InChI is InChI=1S/C25H25BrN4O3/c1-2-24(32)30-13-17(14-30)11-20(31)15-29-16-22(21-12-18(26)6-7-23(21)29)25(33)28-10-8-19-5-3-4-9-27-19/h2-7,9,12,16-17H,1,8,10-11,13-15H2,(H,28,33). The summed E-state index contributed by atoms with van der Waals surface area (Å²) in [6, 6.07) is 11.4. The third-order valence-corrected chi connectivity index (χ3v) is 6.28. The normalized spacial score (nSPS) is 13.5. The van der Waals surface area contributed by atoms with Crippen LogP contribution in [-0.2, 0) is 22.6 Å². The summed E-state index contributed by atoms with van der Waals surface area (Å²) in [6.45, 7) is 5.31. The number of rotatable bonds is 9. The van der Waals surface area contributed by atoms with Gasteiger partial charge in [-0.2, -0.15) is 0 Å². The minimum Gasteiger partial charge on any atom is -0.352 e. The second-order valence-electron chi connectivity index (χ2n) is 8.22. The van der Waals surface area contributed by atoms with Crippen LogP contribution in [0.25, 0.3) is 10.9 Å². The molecule has 1 N–H and O–H groups in total. The summed E-state index contributed by atoms with van der Waals surface area (Å²) in [7, 11) is 0. The Morgan fingerprint density at radius 2 is 2.03 bits per heavy atom. The number of amides is 2. The molecule has 0 atom stereocenters. The molecule has 33 heavy (non-hydrogen) atoms. The van der Waals surface area contributed by atoms with Crippen LogP contribution in [0.4, 0.5) is 0 Å². The smallest absolute Gasteiger partial charge is 0.253 e. The second-order valence-corrected chi connectivity index (χ2v) is 9.13. The van der Waals surface area contributed by atoms with Crippen LogP contribution in [-0.4, -0.2) is 51.7 Å². The van der Waals surface area contributed by atoms with Crippen molar-refractivity contribution in [3.8, 4) is 0 Å². The van der Waals surface area contributed by atoms with Gasteiger partial charge in [-0.3, -0.25) is 19.4 Å². The summed E-state index contributed by atoms with van der Waals surface area (Å²) in [5.74, 6) is -0.0310. The highest BCUT2D eigenvalue weighted by molar-refractivity contribution is 9.10. The van der Waals surface area contributed by atoms with Crippen molar-refractivity contribution in [2.24, 2.45) is 5.92 Å². The fourth-order valence-corrected chi connectivity index (χ4v) is 4.47. The number of carbonyl (C=O) groups excluding carboxylic acids is 3. The Morgan fingerprint density at radius 1 is 1.21 bits per heavy atom. The lowest BCUT2D eigenvalue weighted by atomic mass is 9.94. The van der Waals surface area contributed by atoms with Gasteiger partial charge in [0.1, 0.15) is 0 Å². The zero-order chi connectivity index (χ0) is 23.4. The predicted molar refractivity (Wildman–Crippen MR) is 130 cm³/mol. The largest absolute Gasteiger partial charge is 0.352 e. The number of pyridine rings is 1. The third kappa shape index (κ3) is 5.39. The zero-order valence-corrected chi connectivity index (χ0v) is 19.8. The van der Waals surface area contributed by atoms with E-state index in [1.165, 1.54) is 6.08 Å². The molecule has 0 bridgehead atoms. The molecule has 1 aliphatic heterocycles. The summed E-state index contributed by atoms with van der Waals surface area (Å²) in [6.07, 6.45) is 5.82. The molecule has 1 aromatic carbocycles. The molecule has 4 rings (SSSR count). The van der Waals surface area contributed by atoms with E-state index in [2.05, 4.69) is 32.8 Å². The van der Waals surface area contributed by atoms with Gasteiger partial charge < -0.3 is 14.8 Å². The van der Waals surface area contributed by atoms with E-state index >= 15 is 0 Å². The average molecular weight is 509 g/mol. The molecule has 8 heteroatoms. The Bertz CT molecular complexity index is 1200. The number of nitrogens with zero attached hydrogens (tertiary/aromatic N) is 3. The lowest BCUT2D eigenvalue weighted by Crippen LogP contribution is -2.50. The van der Waals surface area contributed by atoms with Crippen molar-refractivity contribution < 1.29 is 14.4 Å². The van der Waals surface area contributed by atoms with Crippen LogP contribution >= 0.6 is 15.9 Å². The molecule has 1 fully saturated rings. The number of benzene rings is 1. The maximum absolute atomic E-state index is 12.9. The monoisotopic (exact) mass is 508 g/mol. The van der Waals surface area contributed by atoms with E-state index in [1.54, 1.807) is 17.3 Å². The molecular formula is C25H25BrN4O3. The van der Waals surface area contributed by atoms with Crippen LogP contribution in [0.1, 0.15) is 22.5 Å². The quantitative estimate of drug-likeness (QED) is 0.449. The van der Waals surface area contributed by atoms with Gasteiger partial charge >= 0.3 is 0 Å². The van der Waals surface area contributed by atoms with Crippen molar-refractivity contribution in [1.29, 1.82) is 0 Å². The van der Waals surface area contributed by atoms with Gasteiger partial charge in [0, 0.05) is 71.9 Å². The lowest BCUT2D eigenvalue weighted by Gasteiger charge is -2.38. The van der Waals surface area contributed by atoms with Crippen molar-refractivity contribution >= 4 is 44.4 Å². The average Bonchev–Trinajstić information content (AvgIpc) is 3.13. The van der Waals surface area contributed by atoms with E-state index in [-0.39, 0.29) is 30.1 Å². The van der Waals surface area contributed by atoms with Crippen molar-refractivity contribution in [2.75, 3.05) is 19.6 Å². The van der Waals surface area contributed by atoms with E-state index in [9.17, 15) is 14.4 Å². The number of fused-ring (bicyclic) bond motifs is 1. The van der Waals surface area contributed by atoms with E-state index in [4.69, 9.17) is 0 Å². The van der Waals surface area contributed by atoms with Crippen molar-refractivity contribution in [3.63, 3.8) is 0 Å². The van der Waals surface area contributed by atoms with Gasteiger partial charge in [0.05, 0.1) is 12.1 Å². The first-order valence-corrected chi connectivity index (χ1v) is 11.6. The van der Waals surface area contributed by atoms with Crippen molar-refractivity contribution in [2.45, 2.75) is 19.4 Å². The molecule has 0 radical (unpaired) electrons. The van der Waals surface area contributed by atoms with Crippen LogP contribution in [0.3, 0.4) is 0 Å². The Kier molecular flexibility index (Phi) is 7.03. The molecule has 170 valence electrons. The van der Waals surface area contributed by atoms with Gasteiger partial charge in [-0.15, -0.1) is 0 Å². The topological polar surface area (TPSA) is 84.3 Å². The Labute approximate surface area is 200 Å². The predicted octanol–water partition coefficient (Wildman–Crippen LogP) is 3.37. The first-order valence-electron chi connectivity index (χ1n) is 10.8. The molecule has 0 spiro atoms. The number of hydrogen-bond donors (Lipinski definition) is 1. The summed E-state index contributed by atoms with van der Waals surface area (Å²) in [4.78, 5) is 43.2. The first kappa shape index (κ1) is 22.9. The number of hydrogen-bond acceptors (Lipinski definition) is 4. The third-order valence-electron chi connectivity index (χ3n) is 5.79. The van der Waals surface area contributed by atoms with Crippen LogP contribution in [0.15, 0.2) is 65.9 Å². The van der Waals surface area contributed by atoms with Crippen LogP contribution < -0.4 is 5.32 Å². The second kappa shape index (κ2) is 10.1. The van der Waals surface area contributed by atoms with Crippen LogP contribution in [0.2, 0.25) is 0 Å². The van der Waals surface area contributed by atoms with Gasteiger partial charge in [-0.05, 0) is 36.4 Å². The van der Waals surface area contributed by atoms with Gasteiger partial charge in [0.25, 0.3) is 5.91 Å². The van der Waals surface area contributed by atoms with E-state index in [1.807, 2.05) is 41.0 Å². The molecule has 2 aromatic heterocycles. The first-order chi connectivity index (χ1) is 15.9. The number of aromatic nitrogens is 2. The molecule has 0 saturated carbocycles. The van der Waals surface area contributed by atoms with Gasteiger partial charge in [-0.1, -0.05) is 28.6 Å². The molecule has 0 aliphatic carbocycles. The zero-order valence-electron chi connectivity index (χ0n) is 18.2. The molecule has 7 nitrogen and oxygen atoms in total. The van der Waals surface area contributed by atoms with Gasteiger partial charge in [0.15, 0.2) is 5.78 Å². The van der Waals surface area contributed by atoms with Gasteiger partial charge in [0.2, 0.25) is 5.91 Å². The molecule has 1 aliphatic rings. The maximum atomic E-state index is 12.9. The maximum Gasteiger partial charge on any atom is 0.253 e. The van der Waals surface area contributed by atoms with E-state index < -0.39 is 0 Å². The minimum absolute atomic E-state index is 0.0765. The number of halogens is 1. The molecule has 0 unspecified atom stereocenters. The van der Waals surface area contributed by atoms with Crippen LogP contribution in [0.5, 0.6) is 0 Å². The molecular weight excluding hydrogens is 484 g/mol. The SMILES string of the molecule is C=CC(=O)N1CC(CC(=O)Cn2cc(C(=O)NCCc3ccccn3)c3cc(Br)ccc32)C1. The number of carbonyl (C=O) groups is 3. The Balaban J connectivity index is 1.42. The fourth-order valence-electron chi connectivity index (χ4n) is 4.11. The highest BCUT2D eigenvalue weighted by atomic mass is 79.9. The van der Waals surface area contributed by atoms with E-state index in [0.717, 1.165) is 21.1 Å². The molecule has 1 saturated heterocycles. The lowest BCUT2D eigenvalue weighted by molar-refractivity contribution is -0.134. The fraction of sp³-hybridized carbons (Fsp3) is 0.280. The number of Topliss-reactive ketones (excluding diaryl/α,β-unsaturated/α-hetero) is 1. The Morgan fingerprint density at radius 3 is 2.76 bits per heavy atom. The summed E-state index contributed by atoms with van der Waals surface area (Å²) in [5, 5.41) is 3.75.